The van der Waals surface area contributed by atoms with E-state index in [1.165, 1.54) is 0 Å². The van der Waals surface area contributed by atoms with Gasteiger partial charge >= 0.3 is 0 Å². The van der Waals surface area contributed by atoms with Crippen LogP contribution in [0.2, 0.25) is 0 Å². The van der Waals surface area contributed by atoms with Gasteiger partial charge in [0.1, 0.15) is 0 Å². The van der Waals surface area contributed by atoms with Crippen LogP contribution in [0.15, 0.2) is 30.6 Å². The van der Waals surface area contributed by atoms with Crippen LogP contribution in [0.1, 0.15) is 29.4 Å². The molecule has 0 saturated carbocycles. The first-order valence-corrected chi connectivity index (χ1v) is 6.79. The van der Waals surface area contributed by atoms with E-state index in [1.54, 1.807) is 29.0 Å². The topological polar surface area (TPSA) is 74.8 Å². The largest absolute Gasteiger partial charge is 0.341 e. The SMILES string of the molecule is CCc1c(C(=O)N(C)CCC#N)cnn1-c1ccccn1. The summed E-state index contributed by atoms with van der Waals surface area (Å²) in [6.45, 7) is 2.38. The predicted octanol–water partition coefficient (Wildman–Crippen LogP) is 1.82. The molecule has 0 aliphatic heterocycles. The highest BCUT2D eigenvalue weighted by molar-refractivity contribution is 5.95. The molecule has 0 atom stereocenters. The number of hydrogen-bond acceptors (Lipinski definition) is 4. The van der Waals surface area contributed by atoms with E-state index >= 15 is 0 Å². The molecule has 0 saturated heterocycles. The van der Waals surface area contributed by atoms with Crippen molar-refractivity contribution in [2.24, 2.45) is 0 Å². The number of carbonyl (C=O) groups excluding carboxylic acids is 1. The third-order valence-corrected chi connectivity index (χ3v) is 3.21. The van der Waals surface area contributed by atoms with Gasteiger partial charge in [0.15, 0.2) is 5.82 Å². The van der Waals surface area contributed by atoms with Crippen molar-refractivity contribution in [1.29, 1.82) is 5.26 Å². The monoisotopic (exact) mass is 283 g/mol. The fraction of sp³-hybridized carbons (Fsp3) is 0.333. The first kappa shape index (κ1) is 14.7. The van der Waals surface area contributed by atoms with Crippen molar-refractivity contribution in [3.05, 3.63) is 41.9 Å². The summed E-state index contributed by atoms with van der Waals surface area (Å²) in [6, 6.07) is 7.60. The molecule has 1 amide bonds. The predicted molar refractivity (Wildman–Crippen MR) is 77.9 cm³/mol. The fourth-order valence-electron chi connectivity index (χ4n) is 2.09. The molecule has 6 heteroatoms. The molecule has 2 heterocycles. The van der Waals surface area contributed by atoms with Gasteiger partial charge in [-0.15, -0.1) is 0 Å². The summed E-state index contributed by atoms with van der Waals surface area (Å²) in [5, 5.41) is 12.9. The van der Waals surface area contributed by atoms with Gasteiger partial charge in [-0.05, 0) is 18.6 Å². The van der Waals surface area contributed by atoms with E-state index in [1.807, 2.05) is 31.2 Å². The van der Waals surface area contributed by atoms with Crippen molar-refractivity contribution >= 4 is 5.91 Å². The molecule has 2 rings (SSSR count). The number of nitriles is 1. The Bertz CT molecular complexity index is 656. The molecule has 0 aromatic carbocycles. The lowest BCUT2D eigenvalue weighted by Crippen LogP contribution is -2.28. The van der Waals surface area contributed by atoms with Crippen molar-refractivity contribution in [3.8, 4) is 11.9 Å². The summed E-state index contributed by atoms with van der Waals surface area (Å²) >= 11 is 0. The van der Waals surface area contributed by atoms with Gasteiger partial charge in [0, 0.05) is 19.8 Å². The Hall–Kier alpha value is -2.68. The summed E-state index contributed by atoms with van der Waals surface area (Å²) in [7, 11) is 1.69. The quantitative estimate of drug-likeness (QED) is 0.838. The molecule has 2 aromatic heterocycles. The van der Waals surface area contributed by atoms with Gasteiger partial charge in [-0.3, -0.25) is 4.79 Å². The summed E-state index contributed by atoms with van der Waals surface area (Å²) < 4.78 is 1.69. The van der Waals surface area contributed by atoms with Crippen molar-refractivity contribution in [2.75, 3.05) is 13.6 Å². The molecule has 108 valence electrons. The Labute approximate surface area is 123 Å². The van der Waals surface area contributed by atoms with Crippen LogP contribution in [0.5, 0.6) is 0 Å². The summed E-state index contributed by atoms with van der Waals surface area (Å²) in [6.07, 6.45) is 4.25. The second-order valence-corrected chi connectivity index (χ2v) is 4.59. The Balaban J connectivity index is 2.32. The van der Waals surface area contributed by atoms with Gasteiger partial charge in [-0.25, -0.2) is 9.67 Å². The second-order valence-electron chi connectivity index (χ2n) is 4.59. The molecule has 0 radical (unpaired) electrons. The lowest BCUT2D eigenvalue weighted by molar-refractivity contribution is 0.0797. The number of nitrogens with zero attached hydrogens (tertiary/aromatic N) is 5. The minimum atomic E-state index is -0.121. The number of amides is 1. The first-order valence-electron chi connectivity index (χ1n) is 6.79. The Kier molecular flexibility index (Phi) is 4.67. The van der Waals surface area contributed by atoms with Gasteiger partial charge in [-0.2, -0.15) is 10.4 Å². The molecule has 0 aliphatic carbocycles. The number of hydrogen-bond donors (Lipinski definition) is 0. The molecular weight excluding hydrogens is 266 g/mol. The molecule has 21 heavy (non-hydrogen) atoms. The van der Waals surface area contributed by atoms with E-state index in [-0.39, 0.29) is 5.91 Å². The lowest BCUT2D eigenvalue weighted by Gasteiger charge is -2.15. The van der Waals surface area contributed by atoms with Crippen molar-refractivity contribution in [3.63, 3.8) is 0 Å². The summed E-state index contributed by atoms with van der Waals surface area (Å²) in [4.78, 5) is 18.2. The maximum absolute atomic E-state index is 12.4. The molecular formula is C15H17N5O. The maximum Gasteiger partial charge on any atom is 0.257 e. The molecule has 2 aromatic rings. The zero-order chi connectivity index (χ0) is 15.2. The smallest absolute Gasteiger partial charge is 0.257 e. The highest BCUT2D eigenvalue weighted by atomic mass is 16.2. The highest BCUT2D eigenvalue weighted by Crippen LogP contribution is 2.15. The Morgan fingerprint density at radius 1 is 1.48 bits per heavy atom. The van der Waals surface area contributed by atoms with Crippen LogP contribution in [0.4, 0.5) is 0 Å². The van der Waals surface area contributed by atoms with E-state index in [0.29, 0.717) is 30.8 Å². The highest BCUT2D eigenvalue weighted by Gasteiger charge is 2.20. The minimum Gasteiger partial charge on any atom is -0.341 e. The Morgan fingerprint density at radius 3 is 2.90 bits per heavy atom. The van der Waals surface area contributed by atoms with E-state index in [9.17, 15) is 4.79 Å². The standard InChI is InChI=1S/C15H17N5O/c1-3-13-12(15(21)19(2)10-6-8-16)11-18-20(13)14-7-4-5-9-17-14/h4-5,7,9,11H,3,6,10H2,1-2H3. The number of rotatable bonds is 5. The first-order chi connectivity index (χ1) is 10.2. The zero-order valence-corrected chi connectivity index (χ0v) is 12.2. The fourth-order valence-corrected chi connectivity index (χ4v) is 2.09. The van der Waals surface area contributed by atoms with E-state index in [4.69, 9.17) is 5.26 Å². The second kappa shape index (κ2) is 6.66. The van der Waals surface area contributed by atoms with Gasteiger partial charge in [0.25, 0.3) is 5.91 Å². The third-order valence-electron chi connectivity index (χ3n) is 3.21. The number of aromatic nitrogens is 3. The van der Waals surface area contributed by atoms with E-state index < -0.39 is 0 Å². The molecule has 0 bridgehead atoms. The van der Waals surface area contributed by atoms with Crippen LogP contribution >= 0.6 is 0 Å². The molecule has 6 nitrogen and oxygen atoms in total. The summed E-state index contributed by atoms with van der Waals surface area (Å²) in [5.41, 5.74) is 1.38. The van der Waals surface area contributed by atoms with Gasteiger partial charge in [-0.1, -0.05) is 13.0 Å². The van der Waals surface area contributed by atoms with Crippen LogP contribution in [-0.4, -0.2) is 39.2 Å². The van der Waals surface area contributed by atoms with Gasteiger partial charge in [0.05, 0.1) is 29.9 Å². The third kappa shape index (κ3) is 3.08. The number of pyridine rings is 1. The minimum absolute atomic E-state index is 0.121. The van der Waals surface area contributed by atoms with Gasteiger partial charge in [0.2, 0.25) is 0 Å². The van der Waals surface area contributed by atoms with Gasteiger partial charge < -0.3 is 4.90 Å². The van der Waals surface area contributed by atoms with Crippen LogP contribution in [0, 0.1) is 11.3 Å². The number of carbonyl (C=O) groups is 1. The van der Waals surface area contributed by atoms with Crippen LogP contribution in [0.25, 0.3) is 5.82 Å². The zero-order valence-electron chi connectivity index (χ0n) is 12.2. The van der Waals surface area contributed by atoms with Crippen LogP contribution in [-0.2, 0) is 6.42 Å². The Morgan fingerprint density at radius 2 is 2.29 bits per heavy atom. The van der Waals surface area contributed by atoms with Crippen molar-refractivity contribution < 1.29 is 4.79 Å². The van der Waals surface area contributed by atoms with Crippen LogP contribution < -0.4 is 0 Å². The molecule has 0 fully saturated rings. The van der Waals surface area contributed by atoms with E-state index in [0.717, 1.165) is 5.69 Å². The molecule has 0 spiro atoms. The average molecular weight is 283 g/mol. The van der Waals surface area contributed by atoms with Crippen molar-refractivity contribution in [2.45, 2.75) is 19.8 Å². The molecule has 0 unspecified atom stereocenters. The molecule has 0 aliphatic rings. The normalized spacial score (nSPS) is 10.1. The maximum atomic E-state index is 12.4. The van der Waals surface area contributed by atoms with E-state index in [2.05, 4.69) is 10.1 Å². The summed E-state index contributed by atoms with van der Waals surface area (Å²) in [5.74, 6) is 0.567. The van der Waals surface area contributed by atoms with Crippen LogP contribution in [0.3, 0.4) is 0 Å². The average Bonchev–Trinajstić information content (AvgIpc) is 2.96. The molecule has 0 N–H and O–H groups in total. The van der Waals surface area contributed by atoms with Crippen molar-refractivity contribution in [1.82, 2.24) is 19.7 Å². The lowest BCUT2D eigenvalue weighted by atomic mass is 10.2.